The Morgan fingerprint density at radius 1 is 1.19 bits per heavy atom. The van der Waals surface area contributed by atoms with Crippen LogP contribution in [-0.2, 0) is 9.84 Å². The van der Waals surface area contributed by atoms with Crippen LogP contribution in [0.5, 0.6) is 0 Å². The van der Waals surface area contributed by atoms with Crippen LogP contribution in [0, 0.1) is 11.6 Å². The number of hydrogen-bond acceptors (Lipinski definition) is 4. The first-order chi connectivity index (χ1) is 12.7. The molecule has 0 amide bonds. The van der Waals surface area contributed by atoms with Crippen molar-refractivity contribution in [2.75, 3.05) is 17.6 Å². The number of carboxylic acid groups (broad SMARTS) is 1. The molecule has 0 spiro atoms. The highest BCUT2D eigenvalue weighted by atomic mass is 32.2. The Labute approximate surface area is 157 Å². The molecule has 2 N–H and O–H groups in total. The molecule has 0 aliphatic rings. The van der Waals surface area contributed by atoms with E-state index >= 15 is 0 Å². The number of aromatic carboxylic acids is 1. The van der Waals surface area contributed by atoms with E-state index in [1.807, 2.05) is 6.92 Å². The fourth-order valence-corrected chi connectivity index (χ4v) is 3.80. The summed E-state index contributed by atoms with van der Waals surface area (Å²) in [4.78, 5) is 11.1. The zero-order valence-electron chi connectivity index (χ0n) is 15.1. The van der Waals surface area contributed by atoms with Gasteiger partial charge in [0.05, 0.1) is 16.2 Å². The maximum absolute atomic E-state index is 14.5. The lowest BCUT2D eigenvalue weighted by Gasteiger charge is -2.18. The summed E-state index contributed by atoms with van der Waals surface area (Å²) in [6.45, 7) is 3.78. The van der Waals surface area contributed by atoms with Crippen LogP contribution in [0.25, 0.3) is 11.1 Å². The summed E-state index contributed by atoms with van der Waals surface area (Å²) in [6.07, 6.45) is 1.58. The van der Waals surface area contributed by atoms with Crippen LogP contribution in [0.1, 0.15) is 37.0 Å². The monoisotopic (exact) mass is 397 g/mol. The number of nitrogens with one attached hydrogen (secondary N) is 1. The Morgan fingerprint density at radius 2 is 1.89 bits per heavy atom. The molecule has 2 aromatic carbocycles. The van der Waals surface area contributed by atoms with Gasteiger partial charge in [-0.25, -0.2) is 22.0 Å². The van der Waals surface area contributed by atoms with Gasteiger partial charge in [-0.05, 0) is 24.6 Å². The van der Waals surface area contributed by atoms with Crippen LogP contribution in [0.15, 0.2) is 35.2 Å². The number of carboxylic acids is 1. The van der Waals surface area contributed by atoms with Gasteiger partial charge < -0.3 is 10.4 Å². The normalized spacial score (nSPS) is 11.4. The van der Waals surface area contributed by atoms with Gasteiger partial charge in [0.2, 0.25) is 0 Å². The Balaban J connectivity index is 2.87. The van der Waals surface area contributed by atoms with Crippen LogP contribution in [0.2, 0.25) is 0 Å². The number of halogens is 2. The molecule has 0 heterocycles. The summed E-state index contributed by atoms with van der Waals surface area (Å²) in [5.74, 6) is -3.93. The SMILES string of the molecule is CCCCNc1cc(C(=O)O)cc(S(=O)(=O)CC)c1-c1cccc(F)c1F. The summed E-state index contributed by atoms with van der Waals surface area (Å²) in [6, 6.07) is 5.71. The second-order valence-corrected chi connectivity index (χ2v) is 8.23. The lowest BCUT2D eigenvalue weighted by molar-refractivity contribution is 0.0696. The fourth-order valence-electron chi connectivity index (χ4n) is 2.65. The Hall–Kier alpha value is -2.48. The third-order valence-electron chi connectivity index (χ3n) is 4.13. The highest BCUT2D eigenvalue weighted by Gasteiger charge is 2.26. The Morgan fingerprint density at radius 3 is 2.48 bits per heavy atom. The van der Waals surface area contributed by atoms with Crippen molar-refractivity contribution in [3.05, 3.63) is 47.5 Å². The smallest absolute Gasteiger partial charge is 0.335 e. The Kier molecular flexibility index (Phi) is 6.54. The third-order valence-corrected chi connectivity index (χ3v) is 5.88. The molecule has 27 heavy (non-hydrogen) atoms. The van der Waals surface area contributed by atoms with Crippen molar-refractivity contribution in [1.82, 2.24) is 0 Å². The first-order valence-electron chi connectivity index (χ1n) is 8.55. The molecule has 0 aliphatic heterocycles. The Bertz CT molecular complexity index is 958. The fraction of sp³-hybridized carbons (Fsp3) is 0.316. The van der Waals surface area contributed by atoms with Gasteiger partial charge in [-0.1, -0.05) is 32.4 Å². The van der Waals surface area contributed by atoms with E-state index in [9.17, 15) is 27.1 Å². The molecule has 0 bridgehead atoms. The summed E-state index contributed by atoms with van der Waals surface area (Å²) in [5.41, 5.74) is -0.408. The molecule has 5 nitrogen and oxygen atoms in total. The summed E-state index contributed by atoms with van der Waals surface area (Å²) >= 11 is 0. The maximum atomic E-state index is 14.5. The van der Waals surface area contributed by atoms with Crippen molar-refractivity contribution < 1.29 is 27.1 Å². The van der Waals surface area contributed by atoms with Gasteiger partial charge in [0.25, 0.3) is 0 Å². The molecule has 146 valence electrons. The van der Waals surface area contributed by atoms with E-state index in [-0.39, 0.29) is 33.0 Å². The lowest BCUT2D eigenvalue weighted by atomic mass is 10.00. The van der Waals surface area contributed by atoms with E-state index in [0.717, 1.165) is 25.0 Å². The van der Waals surface area contributed by atoms with Crippen LogP contribution in [0.3, 0.4) is 0 Å². The summed E-state index contributed by atoms with van der Waals surface area (Å²) < 4.78 is 53.5. The predicted molar refractivity (Wildman–Crippen MR) is 99.9 cm³/mol. The number of hydrogen-bond donors (Lipinski definition) is 2. The molecule has 8 heteroatoms. The first-order valence-corrected chi connectivity index (χ1v) is 10.2. The lowest BCUT2D eigenvalue weighted by Crippen LogP contribution is -2.12. The molecule has 2 aromatic rings. The van der Waals surface area contributed by atoms with Gasteiger partial charge in [0.15, 0.2) is 21.5 Å². The van der Waals surface area contributed by atoms with Crippen molar-refractivity contribution in [2.45, 2.75) is 31.6 Å². The number of sulfone groups is 1. The van der Waals surface area contributed by atoms with Crippen LogP contribution in [-0.4, -0.2) is 31.8 Å². The molecule has 0 atom stereocenters. The average molecular weight is 397 g/mol. The van der Waals surface area contributed by atoms with Gasteiger partial charge in [-0.3, -0.25) is 0 Å². The second kappa shape index (κ2) is 8.47. The van der Waals surface area contributed by atoms with Crippen molar-refractivity contribution >= 4 is 21.5 Å². The highest BCUT2D eigenvalue weighted by molar-refractivity contribution is 7.91. The van der Waals surface area contributed by atoms with Gasteiger partial charge in [0.1, 0.15) is 0 Å². The molecule has 0 saturated carbocycles. The largest absolute Gasteiger partial charge is 0.478 e. The molecule has 0 aromatic heterocycles. The zero-order chi connectivity index (χ0) is 20.2. The second-order valence-electron chi connectivity index (χ2n) is 5.99. The molecule has 2 rings (SSSR count). The summed E-state index contributed by atoms with van der Waals surface area (Å²) in [7, 11) is -3.91. The molecule has 0 unspecified atom stereocenters. The third kappa shape index (κ3) is 4.44. The van der Waals surface area contributed by atoms with Crippen LogP contribution < -0.4 is 5.32 Å². The van der Waals surface area contributed by atoms with Crippen molar-refractivity contribution in [3.8, 4) is 11.1 Å². The number of benzene rings is 2. The van der Waals surface area contributed by atoms with Crippen LogP contribution >= 0.6 is 0 Å². The minimum absolute atomic E-state index is 0.0602. The maximum Gasteiger partial charge on any atom is 0.335 e. The first kappa shape index (κ1) is 20.8. The zero-order valence-corrected chi connectivity index (χ0v) is 15.9. The van der Waals surface area contributed by atoms with E-state index in [1.54, 1.807) is 0 Å². The van der Waals surface area contributed by atoms with Gasteiger partial charge >= 0.3 is 5.97 Å². The molecule has 0 saturated heterocycles. The van der Waals surface area contributed by atoms with Gasteiger partial charge in [-0.15, -0.1) is 0 Å². The van der Waals surface area contributed by atoms with E-state index in [2.05, 4.69) is 5.32 Å². The van der Waals surface area contributed by atoms with Crippen LogP contribution in [0.4, 0.5) is 14.5 Å². The number of carbonyl (C=O) groups is 1. The predicted octanol–water partition coefficient (Wildman–Crippen LogP) is 4.34. The number of unbranched alkanes of at least 4 members (excludes halogenated alkanes) is 1. The topological polar surface area (TPSA) is 83.5 Å². The molecule has 0 fully saturated rings. The quantitative estimate of drug-likeness (QED) is 0.648. The summed E-state index contributed by atoms with van der Waals surface area (Å²) in [5, 5.41) is 12.3. The van der Waals surface area contributed by atoms with E-state index in [4.69, 9.17) is 0 Å². The van der Waals surface area contributed by atoms with Crippen molar-refractivity contribution in [3.63, 3.8) is 0 Å². The highest BCUT2D eigenvalue weighted by Crippen LogP contribution is 2.38. The van der Waals surface area contributed by atoms with E-state index < -0.39 is 27.4 Å². The van der Waals surface area contributed by atoms with Gasteiger partial charge in [-0.2, -0.15) is 0 Å². The average Bonchev–Trinajstić information content (AvgIpc) is 2.63. The molecule has 0 aliphatic carbocycles. The van der Waals surface area contributed by atoms with Crippen molar-refractivity contribution in [2.24, 2.45) is 0 Å². The van der Waals surface area contributed by atoms with Crippen molar-refractivity contribution in [1.29, 1.82) is 0 Å². The standard InChI is InChI=1S/C19H21F2NO4S/c1-3-5-9-22-15-10-12(19(23)24)11-16(27(25,26)4-2)17(15)13-7-6-8-14(20)18(13)21/h6-8,10-11,22H,3-5,9H2,1-2H3,(H,23,24). The van der Waals surface area contributed by atoms with E-state index in [0.29, 0.717) is 6.54 Å². The number of anilines is 1. The van der Waals surface area contributed by atoms with E-state index in [1.165, 1.54) is 25.1 Å². The van der Waals surface area contributed by atoms with Gasteiger partial charge in [0, 0.05) is 23.4 Å². The minimum Gasteiger partial charge on any atom is -0.478 e. The number of rotatable bonds is 8. The minimum atomic E-state index is -3.91. The molecule has 0 radical (unpaired) electrons. The molecular formula is C19H21F2NO4S. The molecular weight excluding hydrogens is 376 g/mol.